The quantitative estimate of drug-likeness (QED) is 0.123. The zero-order valence-corrected chi connectivity index (χ0v) is 24.3. The molecule has 0 aromatic carbocycles. The molecule has 0 aromatic heterocycles. The van der Waals surface area contributed by atoms with Gasteiger partial charge in [0.1, 0.15) is 24.2 Å². The third kappa shape index (κ3) is 12.9. The van der Waals surface area contributed by atoms with Crippen molar-refractivity contribution in [3.05, 3.63) is 0 Å². The third-order valence-corrected chi connectivity index (χ3v) is 6.14. The van der Waals surface area contributed by atoms with Crippen LogP contribution in [0.15, 0.2) is 0 Å². The first-order valence-corrected chi connectivity index (χ1v) is 13.3. The molecular weight excluding hydrogens is 526 g/mol. The standard InChI is InChI=1S/C26H45N5O9/c1-8-14(9-2)21(35)31-20(26(5,6)7)24(38)29-15(11-18(27)32)22(36)28-16(12-19(33)34)23(37)30-17(25(39)40)10-13(3)4/h13-17,20H,8-12H2,1-7H3,(H2,27,32)(H,28,36)(H,29,38)(H,30,37)(H,31,35)(H,33,34)(H,39,40). The van der Waals surface area contributed by atoms with E-state index >= 15 is 0 Å². The Hall–Kier alpha value is -3.71. The van der Waals surface area contributed by atoms with Gasteiger partial charge in [0.2, 0.25) is 29.5 Å². The number of hydrogen-bond donors (Lipinski definition) is 7. The average molecular weight is 572 g/mol. The summed E-state index contributed by atoms with van der Waals surface area (Å²) in [6.45, 7) is 12.2. The molecule has 4 atom stereocenters. The maximum atomic E-state index is 13.2. The average Bonchev–Trinajstić information content (AvgIpc) is 2.80. The molecule has 0 bridgehead atoms. The van der Waals surface area contributed by atoms with E-state index in [0.717, 1.165) is 0 Å². The maximum absolute atomic E-state index is 13.2. The lowest BCUT2D eigenvalue weighted by Gasteiger charge is -2.33. The number of rotatable bonds is 17. The largest absolute Gasteiger partial charge is 0.481 e. The fraction of sp³-hybridized carbons (Fsp3) is 0.731. The second-order valence-electron chi connectivity index (χ2n) is 11.2. The molecule has 0 saturated carbocycles. The van der Waals surface area contributed by atoms with Crippen molar-refractivity contribution in [2.24, 2.45) is 23.0 Å². The predicted molar refractivity (Wildman–Crippen MR) is 144 cm³/mol. The van der Waals surface area contributed by atoms with Gasteiger partial charge in [-0.3, -0.25) is 28.8 Å². The SMILES string of the molecule is CCC(CC)C(=O)NC(C(=O)NC(CC(N)=O)C(=O)NC(CC(=O)O)C(=O)NC(CC(C)C)C(=O)O)C(C)(C)C. The van der Waals surface area contributed by atoms with Crippen molar-refractivity contribution >= 4 is 41.5 Å². The number of amides is 5. The highest BCUT2D eigenvalue weighted by molar-refractivity contribution is 5.98. The summed E-state index contributed by atoms with van der Waals surface area (Å²) in [5, 5.41) is 28.1. The van der Waals surface area contributed by atoms with Crippen LogP contribution in [0, 0.1) is 17.3 Å². The van der Waals surface area contributed by atoms with Crippen LogP contribution < -0.4 is 27.0 Å². The topological polar surface area (TPSA) is 234 Å². The van der Waals surface area contributed by atoms with Crippen LogP contribution in [0.4, 0.5) is 0 Å². The van der Waals surface area contributed by atoms with Gasteiger partial charge < -0.3 is 37.2 Å². The Balaban J connectivity index is 5.98. The van der Waals surface area contributed by atoms with Gasteiger partial charge in [0.05, 0.1) is 12.8 Å². The number of primary amides is 1. The van der Waals surface area contributed by atoms with E-state index < -0.39 is 78.0 Å². The molecule has 0 aliphatic carbocycles. The molecule has 0 fully saturated rings. The van der Waals surface area contributed by atoms with Crippen molar-refractivity contribution < 1.29 is 43.8 Å². The van der Waals surface area contributed by atoms with Crippen LogP contribution >= 0.6 is 0 Å². The fourth-order valence-electron chi connectivity index (χ4n) is 3.88. The van der Waals surface area contributed by atoms with Gasteiger partial charge in [-0.05, 0) is 30.6 Å². The van der Waals surface area contributed by atoms with Crippen molar-refractivity contribution in [2.75, 3.05) is 0 Å². The van der Waals surface area contributed by atoms with Gasteiger partial charge in [-0.25, -0.2) is 4.79 Å². The van der Waals surface area contributed by atoms with E-state index in [2.05, 4.69) is 21.3 Å². The first-order chi connectivity index (χ1) is 18.3. The monoisotopic (exact) mass is 571 g/mol. The van der Waals surface area contributed by atoms with Gasteiger partial charge in [-0.1, -0.05) is 48.5 Å². The lowest BCUT2D eigenvalue weighted by Crippen LogP contribution is -2.60. The summed E-state index contributed by atoms with van der Waals surface area (Å²) in [6.07, 6.45) is -0.465. The van der Waals surface area contributed by atoms with E-state index in [1.165, 1.54) is 0 Å². The molecule has 40 heavy (non-hydrogen) atoms. The van der Waals surface area contributed by atoms with E-state index in [4.69, 9.17) is 5.73 Å². The number of nitrogens with two attached hydrogens (primary N) is 1. The van der Waals surface area contributed by atoms with Crippen molar-refractivity contribution in [3.8, 4) is 0 Å². The molecule has 8 N–H and O–H groups in total. The molecule has 0 saturated heterocycles. The molecule has 0 radical (unpaired) electrons. The Morgan fingerprint density at radius 3 is 1.52 bits per heavy atom. The van der Waals surface area contributed by atoms with E-state index in [9.17, 15) is 43.8 Å². The van der Waals surface area contributed by atoms with Crippen LogP contribution in [0.3, 0.4) is 0 Å². The van der Waals surface area contributed by atoms with Gasteiger partial charge in [-0.15, -0.1) is 0 Å². The van der Waals surface area contributed by atoms with Crippen LogP contribution in [0.1, 0.15) is 80.6 Å². The molecule has 4 unspecified atom stereocenters. The number of carbonyl (C=O) groups excluding carboxylic acids is 5. The number of carbonyl (C=O) groups is 7. The van der Waals surface area contributed by atoms with Gasteiger partial charge >= 0.3 is 11.9 Å². The Morgan fingerprint density at radius 2 is 1.15 bits per heavy atom. The Kier molecular flexibility index (Phi) is 14.9. The molecule has 0 heterocycles. The maximum Gasteiger partial charge on any atom is 0.326 e. The molecule has 0 rings (SSSR count). The summed E-state index contributed by atoms with van der Waals surface area (Å²) >= 11 is 0. The fourth-order valence-corrected chi connectivity index (χ4v) is 3.88. The summed E-state index contributed by atoms with van der Waals surface area (Å²) in [5.74, 6) is -7.57. The van der Waals surface area contributed by atoms with Crippen molar-refractivity contribution in [3.63, 3.8) is 0 Å². The van der Waals surface area contributed by atoms with Gasteiger partial charge in [0.25, 0.3) is 0 Å². The number of hydrogen-bond acceptors (Lipinski definition) is 7. The normalized spacial score (nSPS) is 14.4. The minimum atomic E-state index is -1.72. The summed E-state index contributed by atoms with van der Waals surface area (Å²) < 4.78 is 0. The predicted octanol–water partition coefficient (Wildman–Crippen LogP) is -0.111. The molecule has 0 aliphatic heterocycles. The number of nitrogens with one attached hydrogen (secondary N) is 4. The Morgan fingerprint density at radius 1 is 0.700 bits per heavy atom. The second-order valence-corrected chi connectivity index (χ2v) is 11.2. The number of carboxylic acids is 2. The van der Waals surface area contributed by atoms with Gasteiger partial charge in [0.15, 0.2) is 0 Å². The Labute approximate surface area is 234 Å². The first kappa shape index (κ1) is 36.3. The zero-order valence-electron chi connectivity index (χ0n) is 24.3. The molecule has 14 heteroatoms. The summed E-state index contributed by atoms with van der Waals surface area (Å²) in [6, 6.07) is -5.79. The Bertz CT molecular complexity index is 941. The molecule has 228 valence electrons. The highest BCUT2D eigenvalue weighted by atomic mass is 16.4. The highest BCUT2D eigenvalue weighted by Crippen LogP contribution is 2.21. The summed E-state index contributed by atoms with van der Waals surface area (Å²) in [7, 11) is 0. The second kappa shape index (κ2) is 16.4. The summed E-state index contributed by atoms with van der Waals surface area (Å²) in [5.41, 5.74) is 4.45. The number of carboxylic acid groups (broad SMARTS) is 2. The van der Waals surface area contributed by atoms with Crippen molar-refractivity contribution in [1.29, 1.82) is 0 Å². The molecular formula is C26H45N5O9. The lowest BCUT2D eigenvalue weighted by atomic mass is 9.85. The summed E-state index contributed by atoms with van der Waals surface area (Å²) in [4.78, 5) is 86.5. The van der Waals surface area contributed by atoms with E-state index in [-0.39, 0.29) is 24.2 Å². The molecule has 0 aliphatic rings. The molecule has 14 nitrogen and oxygen atoms in total. The van der Waals surface area contributed by atoms with E-state index in [0.29, 0.717) is 12.8 Å². The minimum absolute atomic E-state index is 0.0476. The number of aliphatic carboxylic acids is 2. The van der Waals surface area contributed by atoms with Crippen LogP contribution in [-0.4, -0.2) is 75.9 Å². The van der Waals surface area contributed by atoms with Crippen molar-refractivity contribution in [1.82, 2.24) is 21.3 Å². The van der Waals surface area contributed by atoms with Crippen LogP contribution in [0.2, 0.25) is 0 Å². The molecule has 0 spiro atoms. The van der Waals surface area contributed by atoms with Gasteiger partial charge in [0, 0.05) is 5.92 Å². The van der Waals surface area contributed by atoms with E-state index in [1.807, 2.05) is 13.8 Å². The van der Waals surface area contributed by atoms with Crippen LogP contribution in [0.5, 0.6) is 0 Å². The zero-order chi connectivity index (χ0) is 31.4. The lowest BCUT2D eigenvalue weighted by molar-refractivity contribution is -0.144. The highest BCUT2D eigenvalue weighted by Gasteiger charge is 2.37. The first-order valence-electron chi connectivity index (χ1n) is 13.3. The van der Waals surface area contributed by atoms with E-state index in [1.54, 1.807) is 34.6 Å². The minimum Gasteiger partial charge on any atom is -0.481 e. The smallest absolute Gasteiger partial charge is 0.326 e. The van der Waals surface area contributed by atoms with Crippen LogP contribution in [0.25, 0.3) is 0 Å². The van der Waals surface area contributed by atoms with Gasteiger partial charge in [-0.2, -0.15) is 0 Å². The van der Waals surface area contributed by atoms with Crippen LogP contribution in [-0.2, 0) is 33.6 Å². The molecule has 0 aromatic rings. The molecule has 5 amide bonds. The van der Waals surface area contributed by atoms with Crippen molar-refractivity contribution in [2.45, 2.75) is 105 Å². The third-order valence-electron chi connectivity index (χ3n) is 6.14.